The monoisotopic (exact) mass is 184 g/mol. The van der Waals surface area contributed by atoms with Gasteiger partial charge in [0.1, 0.15) is 4.84 Å². The summed E-state index contributed by atoms with van der Waals surface area (Å²) in [6.07, 6.45) is 5.16. The Morgan fingerprint density at radius 3 is 2.09 bits per heavy atom. The number of halogens is 2. The highest BCUT2D eigenvalue weighted by atomic mass is 35.5. The average molecular weight is 185 g/mol. The molecule has 0 aliphatic carbocycles. The van der Waals surface area contributed by atoms with Gasteiger partial charge in [0, 0.05) is 5.56 Å². The van der Waals surface area contributed by atoms with Crippen molar-refractivity contribution < 1.29 is 0 Å². The Hall–Kier alpha value is -0.640. The van der Waals surface area contributed by atoms with Crippen LogP contribution in [0.5, 0.6) is 0 Å². The van der Waals surface area contributed by atoms with Gasteiger partial charge >= 0.3 is 0 Å². The van der Waals surface area contributed by atoms with Gasteiger partial charge in [-0.05, 0) is 17.7 Å². The zero-order chi connectivity index (χ0) is 8.27. The SMILES string of the molecule is C#Cc1ccc(C(Cl)Cl)cc1. The van der Waals surface area contributed by atoms with E-state index in [1.165, 1.54) is 0 Å². The minimum atomic E-state index is -0.471. The molecule has 0 bridgehead atoms. The van der Waals surface area contributed by atoms with Gasteiger partial charge in [0.2, 0.25) is 0 Å². The number of benzene rings is 1. The van der Waals surface area contributed by atoms with Crippen molar-refractivity contribution in [2.24, 2.45) is 0 Å². The van der Waals surface area contributed by atoms with Crippen molar-refractivity contribution in [3.05, 3.63) is 35.4 Å². The third kappa shape index (κ3) is 2.15. The van der Waals surface area contributed by atoms with Gasteiger partial charge in [0.25, 0.3) is 0 Å². The fourth-order valence-corrected chi connectivity index (χ4v) is 1.02. The molecule has 1 aromatic carbocycles. The van der Waals surface area contributed by atoms with Crippen molar-refractivity contribution in [3.8, 4) is 12.3 Å². The first-order valence-corrected chi connectivity index (χ1v) is 3.96. The first-order valence-electron chi connectivity index (χ1n) is 3.09. The van der Waals surface area contributed by atoms with Crippen LogP contribution in [-0.2, 0) is 0 Å². The van der Waals surface area contributed by atoms with E-state index in [4.69, 9.17) is 29.6 Å². The molecule has 0 spiro atoms. The summed E-state index contributed by atoms with van der Waals surface area (Å²) >= 11 is 11.2. The second-order valence-electron chi connectivity index (χ2n) is 2.07. The Morgan fingerprint density at radius 2 is 1.73 bits per heavy atom. The normalized spacial score (nSPS) is 9.64. The van der Waals surface area contributed by atoms with Crippen LogP contribution >= 0.6 is 23.2 Å². The fourth-order valence-electron chi connectivity index (χ4n) is 0.725. The van der Waals surface area contributed by atoms with E-state index in [1.807, 2.05) is 24.3 Å². The van der Waals surface area contributed by atoms with Crippen LogP contribution in [-0.4, -0.2) is 0 Å². The average Bonchev–Trinajstić information content (AvgIpc) is 2.05. The predicted octanol–water partition coefficient (Wildman–Crippen LogP) is 3.14. The zero-order valence-corrected chi connectivity index (χ0v) is 7.23. The molecule has 1 aromatic rings. The van der Waals surface area contributed by atoms with Crippen LogP contribution in [0.1, 0.15) is 16.0 Å². The van der Waals surface area contributed by atoms with E-state index < -0.39 is 4.84 Å². The summed E-state index contributed by atoms with van der Waals surface area (Å²) in [5, 5.41) is 0. The second kappa shape index (κ2) is 3.67. The molecule has 0 unspecified atom stereocenters. The van der Waals surface area contributed by atoms with Crippen LogP contribution in [0.2, 0.25) is 0 Å². The summed E-state index contributed by atoms with van der Waals surface area (Å²) in [7, 11) is 0. The highest BCUT2D eigenvalue weighted by Crippen LogP contribution is 2.24. The zero-order valence-electron chi connectivity index (χ0n) is 5.72. The first-order chi connectivity index (χ1) is 5.24. The molecule has 0 saturated carbocycles. The maximum Gasteiger partial charge on any atom is 0.132 e. The number of terminal acetylenes is 1. The molecule has 0 aromatic heterocycles. The Morgan fingerprint density at radius 1 is 1.18 bits per heavy atom. The van der Waals surface area contributed by atoms with Gasteiger partial charge in [0.05, 0.1) is 0 Å². The highest BCUT2D eigenvalue weighted by molar-refractivity contribution is 6.44. The van der Waals surface area contributed by atoms with Crippen LogP contribution in [0.4, 0.5) is 0 Å². The molecular weight excluding hydrogens is 179 g/mol. The van der Waals surface area contributed by atoms with Crippen LogP contribution in [0.3, 0.4) is 0 Å². The maximum atomic E-state index is 5.61. The van der Waals surface area contributed by atoms with Crippen molar-refractivity contribution >= 4 is 23.2 Å². The fraction of sp³-hybridized carbons (Fsp3) is 0.111. The van der Waals surface area contributed by atoms with Crippen LogP contribution in [0, 0.1) is 12.3 Å². The first kappa shape index (κ1) is 8.46. The van der Waals surface area contributed by atoms with Gasteiger partial charge in [-0.3, -0.25) is 0 Å². The molecular formula is C9H6Cl2. The molecule has 0 aliphatic heterocycles. The third-order valence-corrected chi connectivity index (χ3v) is 1.83. The lowest BCUT2D eigenvalue weighted by molar-refractivity contribution is 1.34. The summed E-state index contributed by atoms with van der Waals surface area (Å²) in [6, 6.07) is 7.26. The molecule has 0 heterocycles. The molecule has 0 nitrogen and oxygen atoms in total. The molecule has 1 rings (SSSR count). The minimum absolute atomic E-state index is 0.471. The lowest BCUT2D eigenvalue weighted by Crippen LogP contribution is -1.80. The van der Waals surface area contributed by atoms with Crippen LogP contribution in [0.25, 0.3) is 0 Å². The van der Waals surface area contributed by atoms with Gasteiger partial charge in [0.15, 0.2) is 0 Å². The van der Waals surface area contributed by atoms with E-state index in [9.17, 15) is 0 Å². The number of alkyl halides is 2. The summed E-state index contributed by atoms with van der Waals surface area (Å²) in [5.41, 5.74) is 1.70. The summed E-state index contributed by atoms with van der Waals surface area (Å²) in [4.78, 5) is -0.471. The van der Waals surface area contributed by atoms with E-state index in [-0.39, 0.29) is 0 Å². The summed E-state index contributed by atoms with van der Waals surface area (Å²) in [6.45, 7) is 0. The standard InChI is InChI=1S/C9H6Cl2/c1-2-7-3-5-8(6-4-7)9(10)11/h1,3-6,9H. The molecule has 2 heteroatoms. The maximum absolute atomic E-state index is 5.61. The Balaban J connectivity index is 2.94. The van der Waals surface area contributed by atoms with Crippen molar-refractivity contribution in [1.82, 2.24) is 0 Å². The molecule has 0 fully saturated rings. The smallest absolute Gasteiger partial charge is 0.115 e. The summed E-state index contributed by atoms with van der Waals surface area (Å²) in [5.74, 6) is 2.51. The van der Waals surface area contributed by atoms with Gasteiger partial charge in [-0.25, -0.2) is 0 Å². The largest absolute Gasteiger partial charge is 0.132 e. The van der Waals surface area contributed by atoms with Gasteiger partial charge in [-0.15, -0.1) is 29.6 Å². The highest BCUT2D eigenvalue weighted by Gasteiger charge is 2.00. The minimum Gasteiger partial charge on any atom is -0.115 e. The molecule has 11 heavy (non-hydrogen) atoms. The summed E-state index contributed by atoms with van der Waals surface area (Å²) < 4.78 is 0. The van der Waals surface area contributed by atoms with E-state index >= 15 is 0 Å². The van der Waals surface area contributed by atoms with E-state index in [0.29, 0.717) is 0 Å². The van der Waals surface area contributed by atoms with E-state index in [0.717, 1.165) is 11.1 Å². The van der Waals surface area contributed by atoms with Crippen LogP contribution in [0.15, 0.2) is 24.3 Å². The van der Waals surface area contributed by atoms with Gasteiger partial charge < -0.3 is 0 Å². The number of hydrogen-bond donors (Lipinski definition) is 0. The molecule has 56 valence electrons. The Labute approximate surface area is 76.1 Å². The van der Waals surface area contributed by atoms with Crippen molar-refractivity contribution in [3.63, 3.8) is 0 Å². The quantitative estimate of drug-likeness (QED) is 0.465. The predicted molar refractivity (Wildman–Crippen MR) is 48.8 cm³/mol. The van der Waals surface area contributed by atoms with Crippen molar-refractivity contribution in [2.45, 2.75) is 4.84 Å². The third-order valence-electron chi connectivity index (χ3n) is 1.33. The van der Waals surface area contributed by atoms with Crippen LogP contribution < -0.4 is 0 Å². The molecule has 0 saturated heterocycles. The lowest BCUT2D eigenvalue weighted by atomic mass is 10.2. The molecule has 0 N–H and O–H groups in total. The van der Waals surface area contributed by atoms with Gasteiger partial charge in [-0.1, -0.05) is 18.1 Å². The molecule has 0 aliphatic rings. The second-order valence-corrected chi connectivity index (χ2v) is 3.16. The number of hydrogen-bond acceptors (Lipinski definition) is 0. The van der Waals surface area contributed by atoms with Gasteiger partial charge in [-0.2, -0.15) is 0 Å². The molecule has 0 atom stereocenters. The number of rotatable bonds is 1. The van der Waals surface area contributed by atoms with Crippen molar-refractivity contribution in [1.29, 1.82) is 0 Å². The molecule has 0 amide bonds. The Bertz CT molecular complexity index is 267. The molecule has 0 radical (unpaired) electrons. The van der Waals surface area contributed by atoms with E-state index in [1.54, 1.807) is 0 Å². The van der Waals surface area contributed by atoms with Crippen molar-refractivity contribution in [2.75, 3.05) is 0 Å². The van der Waals surface area contributed by atoms with E-state index in [2.05, 4.69) is 5.92 Å². The Kier molecular flexibility index (Phi) is 2.82. The topological polar surface area (TPSA) is 0 Å². The lowest BCUT2D eigenvalue weighted by Gasteiger charge is -1.99.